The predicted octanol–water partition coefficient (Wildman–Crippen LogP) is 2.05. The minimum Gasteiger partial charge on any atom is -0.480 e. The number of nitro groups is 1. The fourth-order valence-electron chi connectivity index (χ4n) is 2.21. The van der Waals surface area contributed by atoms with Crippen molar-refractivity contribution in [2.24, 2.45) is 0 Å². The number of hydrogen-bond acceptors (Lipinski definition) is 4. The van der Waals surface area contributed by atoms with Crippen LogP contribution < -0.4 is 0 Å². The number of carbonyl (C=O) groups is 2. The van der Waals surface area contributed by atoms with Gasteiger partial charge in [0.15, 0.2) is 0 Å². The molecule has 1 atom stereocenters. The molecule has 1 aliphatic rings. The van der Waals surface area contributed by atoms with Crippen LogP contribution in [0.5, 0.6) is 0 Å². The van der Waals surface area contributed by atoms with Gasteiger partial charge in [-0.05, 0) is 34.8 Å². The van der Waals surface area contributed by atoms with E-state index in [1.165, 1.54) is 17.0 Å². The van der Waals surface area contributed by atoms with E-state index in [1.807, 2.05) is 0 Å². The van der Waals surface area contributed by atoms with Crippen LogP contribution in [0.15, 0.2) is 22.7 Å². The number of aliphatic carboxylic acids is 1. The summed E-state index contributed by atoms with van der Waals surface area (Å²) < 4.78 is 0.407. The molecule has 1 aromatic carbocycles. The van der Waals surface area contributed by atoms with E-state index in [0.29, 0.717) is 23.9 Å². The van der Waals surface area contributed by atoms with E-state index in [-0.39, 0.29) is 11.3 Å². The van der Waals surface area contributed by atoms with Crippen molar-refractivity contribution in [3.63, 3.8) is 0 Å². The third kappa shape index (κ3) is 2.64. The first kappa shape index (κ1) is 14.4. The van der Waals surface area contributed by atoms with Crippen LogP contribution >= 0.6 is 15.9 Å². The van der Waals surface area contributed by atoms with Crippen LogP contribution in [0.1, 0.15) is 23.2 Å². The van der Waals surface area contributed by atoms with E-state index < -0.39 is 22.8 Å². The molecule has 20 heavy (non-hydrogen) atoms. The number of nitro benzene ring substituents is 1. The predicted molar refractivity (Wildman–Crippen MR) is 72.5 cm³/mol. The zero-order valence-corrected chi connectivity index (χ0v) is 11.9. The minimum atomic E-state index is -1.06. The molecule has 106 valence electrons. The molecule has 1 N–H and O–H groups in total. The van der Waals surface area contributed by atoms with Crippen molar-refractivity contribution in [2.45, 2.75) is 18.9 Å². The van der Waals surface area contributed by atoms with E-state index >= 15 is 0 Å². The molecule has 1 heterocycles. The maximum absolute atomic E-state index is 12.4. The SMILES string of the molecule is O=C(O)[C@H]1CCCN1C(=O)c1cc([N+](=O)[O-])ccc1Br. The third-order valence-electron chi connectivity index (χ3n) is 3.19. The largest absolute Gasteiger partial charge is 0.480 e. The quantitative estimate of drug-likeness (QED) is 0.669. The number of carboxylic acids is 1. The topological polar surface area (TPSA) is 101 Å². The highest BCUT2D eigenvalue weighted by atomic mass is 79.9. The summed E-state index contributed by atoms with van der Waals surface area (Å²) in [6, 6.07) is 2.98. The number of carbonyl (C=O) groups excluding carboxylic acids is 1. The summed E-state index contributed by atoms with van der Waals surface area (Å²) in [5, 5.41) is 19.8. The summed E-state index contributed by atoms with van der Waals surface area (Å²) in [5.74, 6) is -1.57. The fraction of sp³-hybridized carbons (Fsp3) is 0.333. The zero-order valence-electron chi connectivity index (χ0n) is 10.3. The third-order valence-corrected chi connectivity index (χ3v) is 3.88. The van der Waals surface area contributed by atoms with Crippen LogP contribution in [0.4, 0.5) is 5.69 Å². The molecule has 0 spiro atoms. The van der Waals surface area contributed by atoms with E-state index in [4.69, 9.17) is 5.11 Å². The molecule has 0 aliphatic carbocycles. The number of amides is 1. The molecule has 1 aromatic rings. The van der Waals surface area contributed by atoms with Crippen molar-refractivity contribution >= 4 is 33.5 Å². The Kier molecular flexibility index (Phi) is 4.03. The Morgan fingerprint density at radius 1 is 1.45 bits per heavy atom. The highest BCUT2D eigenvalue weighted by molar-refractivity contribution is 9.10. The van der Waals surface area contributed by atoms with Crippen LogP contribution in [-0.2, 0) is 4.79 Å². The second-order valence-corrected chi connectivity index (χ2v) is 5.27. The van der Waals surface area contributed by atoms with E-state index in [2.05, 4.69) is 15.9 Å². The first-order chi connectivity index (χ1) is 9.41. The van der Waals surface area contributed by atoms with Gasteiger partial charge in [0.25, 0.3) is 11.6 Å². The molecule has 0 radical (unpaired) electrons. The lowest BCUT2D eigenvalue weighted by atomic mass is 10.1. The Labute approximate surface area is 122 Å². The summed E-state index contributed by atoms with van der Waals surface area (Å²) in [5.41, 5.74) is -0.102. The average molecular weight is 343 g/mol. The molecule has 0 saturated carbocycles. The van der Waals surface area contributed by atoms with E-state index in [1.54, 1.807) is 0 Å². The number of non-ortho nitro benzene ring substituents is 1. The summed E-state index contributed by atoms with van der Waals surface area (Å²) in [4.78, 5) is 34.9. The van der Waals surface area contributed by atoms with Crippen LogP contribution in [-0.4, -0.2) is 39.4 Å². The Balaban J connectivity index is 2.35. The highest BCUT2D eigenvalue weighted by Crippen LogP contribution is 2.27. The lowest BCUT2D eigenvalue weighted by Gasteiger charge is -2.21. The first-order valence-corrected chi connectivity index (χ1v) is 6.69. The molecular weight excluding hydrogens is 332 g/mol. The molecule has 0 unspecified atom stereocenters. The Hall–Kier alpha value is -1.96. The van der Waals surface area contributed by atoms with Gasteiger partial charge < -0.3 is 10.0 Å². The van der Waals surface area contributed by atoms with Crippen molar-refractivity contribution in [1.82, 2.24) is 4.90 Å². The molecule has 1 saturated heterocycles. The van der Waals surface area contributed by atoms with Gasteiger partial charge in [0, 0.05) is 23.2 Å². The number of likely N-dealkylation sites (tertiary alicyclic amines) is 1. The van der Waals surface area contributed by atoms with E-state index in [9.17, 15) is 19.7 Å². The van der Waals surface area contributed by atoms with E-state index in [0.717, 1.165) is 6.07 Å². The normalized spacial score (nSPS) is 18.1. The van der Waals surface area contributed by atoms with Crippen LogP contribution in [0.25, 0.3) is 0 Å². The van der Waals surface area contributed by atoms with Gasteiger partial charge in [-0.3, -0.25) is 14.9 Å². The fourth-order valence-corrected chi connectivity index (χ4v) is 2.63. The number of carboxylic acid groups (broad SMARTS) is 1. The molecule has 0 bridgehead atoms. The van der Waals surface area contributed by atoms with Gasteiger partial charge >= 0.3 is 5.97 Å². The number of benzene rings is 1. The van der Waals surface area contributed by atoms with Crippen LogP contribution in [0, 0.1) is 10.1 Å². The monoisotopic (exact) mass is 342 g/mol. The zero-order chi connectivity index (χ0) is 14.9. The van der Waals surface area contributed by atoms with Crippen LogP contribution in [0.2, 0.25) is 0 Å². The number of halogens is 1. The molecule has 2 rings (SSSR count). The van der Waals surface area contributed by atoms with Crippen LogP contribution in [0.3, 0.4) is 0 Å². The van der Waals surface area contributed by atoms with Gasteiger partial charge in [0.05, 0.1) is 10.5 Å². The average Bonchev–Trinajstić information content (AvgIpc) is 2.87. The first-order valence-electron chi connectivity index (χ1n) is 5.89. The second kappa shape index (κ2) is 5.58. The Bertz CT molecular complexity index is 589. The molecule has 1 fully saturated rings. The van der Waals surface area contributed by atoms with Gasteiger partial charge in [-0.25, -0.2) is 4.79 Å². The van der Waals surface area contributed by atoms with Gasteiger partial charge in [-0.1, -0.05) is 0 Å². The van der Waals surface area contributed by atoms with Gasteiger partial charge in [-0.15, -0.1) is 0 Å². The van der Waals surface area contributed by atoms with Crippen molar-refractivity contribution in [3.8, 4) is 0 Å². The smallest absolute Gasteiger partial charge is 0.326 e. The lowest BCUT2D eigenvalue weighted by Crippen LogP contribution is -2.40. The maximum atomic E-state index is 12.4. The standard InChI is InChI=1S/C12H11BrN2O5/c13-9-4-3-7(15(19)20)6-8(9)11(16)14-5-1-2-10(14)12(17)18/h3-4,6,10H,1-2,5H2,(H,17,18)/t10-/m1/s1. The minimum absolute atomic E-state index is 0.104. The van der Waals surface area contributed by atoms with Gasteiger partial charge in [-0.2, -0.15) is 0 Å². The van der Waals surface area contributed by atoms with Gasteiger partial charge in [0.1, 0.15) is 6.04 Å². The maximum Gasteiger partial charge on any atom is 0.326 e. The molecular formula is C12H11BrN2O5. The molecule has 8 heteroatoms. The number of nitrogens with zero attached hydrogens (tertiary/aromatic N) is 2. The van der Waals surface area contributed by atoms with Crippen molar-refractivity contribution in [2.75, 3.05) is 6.54 Å². The highest BCUT2D eigenvalue weighted by Gasteiger charge is 2.35. The number of rotatable bonds is 3. The number of hydrogen-bond donors (Lipinski definition) is 1. The summed E-state index contributed by atoms with van der Waals surface area (Å²) in [6.45, 7) is 0.338. The van der Waals surface area contributed by atoms with Crippen molar-refractivity contribution in [3.05, 3.63) is 38.3 Å². The molecule has 1 amide bonds. The summed E-state index contributed by atoms with van der Waals surface area (Å²) in [7, 11) is 0. The van der Waals surface area contributed by atoms with Crippen molar-refractivity contribution < 1.29 is 19.6 Å². The Morgan fingerprint density at radius 2 is 2.15 bits per heavy atom. The van der Waals surface area contributed by atoms with Gasteiger partial charge in [0.2, 0.25) is 0 Å². The summed E-state index contributed by atoms with van der Waals surface area (Å²) >= 11 is 3.17. The summed E-state index contributed by atoms with van der Waals surface area (Å²) in [6.07, 6.45) is 1.00. The Morgan fingerprint density at radius 3 is 2.75 bits per heavy atom. The van der Waals surface area contributed by atoms with Crippen molar-refractivity contribution in [1.29, 1.82) is 0 Å². The lowest BCUT2D eigenvalue weighted by molar-refractivity contribution is -0.384. The molecule has 1 aliphatic heterocycles. The molecule has 0 aromatic heterocycles. The molecule has 7 nitrogen and oxygen atoms in total. The second-order valence-electron chi connectivity index (χ2n) is 4.42.